The molecule has 0 atom stereocenters. The van der Waals surface area contributed by atoms with Gasteiger partial charge in [0.15, 0.2) is 0 Å². The Bertz CT molecular complexity index is 634. The molecular weight excluding hydrogens is 302 g/mol. The zero-order valence-electron chi connectivity index (χ0n) is 12.5. The third-order valence-corrected chi connectivity index (χ3v) is 4.12. The van der Waals surface area contributed by atoms with Gasteiger partial charge >= 0.3 is 17.8 Å². The Balaban J connectivity index is 1.60. The Labute approximate surface area is 132 Å². The van der Waals surface area contributed by atoms with Crippen molar-refractivity contribution < 1.29 is 23.6 Å². The van der Waals surface area contributed by atoms with Gasteiger partial charge in [-0.15, -0.1) is 0 Å². The maximum Gasteiger partial charge on any atom is 0.334 e. The first-order valence-electron chi connectivity index (χ1n) is 7.56. The smallest absolute Gasteiger partial charge is 0.334 e. The van der Waals surface area contributed by atoms with E-state index in [1.54, 1.807) is 12.1 Å². The van der Waals surface area contributed by atoms with E-state index in [-0.39, 0.29) is 12.6 Å². The Morgan fingerprint density at radius 3 is 2.61 bits per heavy atom. The molecule has 8 heteroatoms. The standard InChI is InChI=1S/C15H17N3O5/c19-12(16-8-11-6-3-7-23-11)9-17-13(20)14(21)18(15(17)22)10-4-1-2-5-10/h3,6-7,10H,1-2,4-5,8-9H2,(H,16,19). The highest BCUT2D eigenvalue weighted by atomic mass is 16.3. The largest absolute Gasteiger partial charge is 0.467 e. The average Bonchev–Trinajstić information content (AvgIpc) is 3.25. The summed E-state index contributed by atoms with van der Waals surface area (Å²) in [6, 6.07) is 2.46. The van der Waals surface area contributed by atoms with Gasteiger partial charge in [-0.3, -0.25) is 19.3 Å². The molecule has 0 radical (unpaired) electrons. The molecular formula is C15H17N3O5. The SMILES string of the molecule is O=C(CN1C(=O)C(=O)N(C2CCCC2)C1=O)NCc1ccco1. The molecule has 0 bridgehead atoms. The number of nitrogens with one attached hydrogen (secondary N) is 1. The van der Waals surface area contributed by atoms with Crippen LogP contribution in [0.15, 0.2) is 22.8 Å². The van der Waals surface area contributed by atoms with Crippen molar-refractivity contribution in [3.63, 3.8) is 0 Å². The highest BCUT2D eigenvalue weighted by Gasteiger charge is 2.48. The van der Waals surface area contributed by atoms with E-state index in [2.05, 4.69) is 5.32 Å². The predicted molar refractivity (Wildman–Crippen MR) is 76.8 cm³/mol. The van der Waals surface area contributed by atoms with Crippen molar-refractivity contribution in [1.82, 2.24) is 15.1 Å². The van der Waals surface area contributed by atoms with Crippen molar-refractivity contribution in [2.45, 2.75) is 38.3 Å². The minimum absolute atomic E-state index is 0.155. The van der Waals surface area contributed by atoms with Crippen molar-refractivity contribution in [1.29, 1.82) is 0 Å². The summed E-state index contributed by atoms with van der Waals surface area (Å²) in [5.74, 6) is -1.74. The number of imide groups is 2. The van der Waals surface area contributed by atoms with Gasteiger partial charge in [-0.25, -0.2) is 9.69 Å². The molecule has 1 aliphatic carbocycles. The van der Waals surface area contributed by atoms with Gasteiger partial charge in [0.25, 0.3) is 0 Å². The first kappa shape index (κ1) is 15.3. The van der Waals surface area contributed by atoms with Gasteiger partial charge in [0, 0.05) is 6.04 Å². The molecule has 1 saturated carbocycles. The summed E-state index contributed by atoms with van der Waals surface area (Å²) in [5, 5.41) is 2.54. The number of carbonyl (C=O) groups excluding carboxylic acids is 4. The van der Waals surface area contributed by atoms with E-state index in [0.717, 1.165) is 17.7 Å². The summed E-state index contributed by atoms with van der Waals surface area (Å²) in [6.45, 7) is -0.310. The molecule has 2 aliphatic rings. The van der Waals surface area contributed by atoms with E-state index >= 15 is 0 Å². The Morgan fingerprint density at radius 1 is 1.22 bits per heavy atom. The highest BCUT2D eigenvalue weighted by Crippen LogP contribution is 2.27. The highest BCUT2D eigenvalue weighted by molar-refractivity contribution is 6.45. The van der Waals surface area contributed by atoms with Crippen LogP contribution in [0.2, 0.25) is 0 Å². The molecule has 0 aromatic carbocycles. The molecule has 1 aromatic heterocycles. The first-order valence-corrected chi connectivity index (χ1v) is 7.56. The lowest BCUT2D eigenvalue weighted by Gasteiger charge is -2.20. The summed E-state index contributed by atoms with van der Waals surface area (Å²) in [6.07, 6.45) is 4.76. The predicted octanol–water partition coefficient (Wildman–Crippen LogP) is 0.629. The van der Waals surface area contributed by atoms with Crippen LogP contribution in [-0.4, -0.2) is 46.1 Å². The Morgan fingerprint density at radius 2 is 1.96 bits per heavy atom. The number of furan rings is 1. The second-order valence-electron chi connectivity index (χ2n) is 5.64. The molecule has 1 aliphatic heterocycles. The van der Waals surface area contributed by atoms with Crippen LogP contribution in [0.3, 0.4) is 0 Å². The van der Waals surface area contributed by atoms with Crippen molar-refractivity contribution in [3.8, 4) is 0 Å². The second-order valence-corrected chi connectivity index (χ2v) is 5.64. The monoisotopic (exact) mass is 319 g/mol. The topological polar surface area (TPSA) is 99.9 Å². The van der Waals surface area contributed by atoms with Gasteiger partial charge in [-0.05, 0) is 25.0 Å². The van der Waals surface area contributed by atoms with Gasteiger partial charge in [0.05, 0.1) is 12.8 Å². The van der Waals surface area contributed by atoms with E-state index in [0.29, 0.717) is 23.5 Å². The van der Waals surface area contributed by atoms with E-state index in [9.17, 15) is 19.2 Å². The van der Waals surface area contributed by atoms with Gasteiger partial charge < -0.3 is 9.73 Å². The summed E-state index contributed by atoms with van der Waals surface area (Å²) < 4.78 is 5.07. The van der Waals surface area contributed by atoms with E-state index < -0.39 is 30.3 Å². The molecule has 3 rings (SSSR count). The zero-order valence-corrected chi connectivity index (χ0v) is 12.5. The Kier molecular flexibility index (Phi) is 4.14. The molecule has 2 heterocycles. The van der Waals surface area contributed by atoms with Crippen LogP contribution in [0, 0.1) is 0 Å². The number of nitrogens with zero attached hydrogens (tertiary/aromatic N) is 2. The van der Waals surface area contributed by atoms with Gasteiger partial charge in [0.2, 0.25) is 5.91 Å². The van der Waals surface area contributed by atoms with Crippen LogP contribution < -0.4 is 5.32 Å². The second kappa shape index (κ2) is 6.23. The van der Waals surface area contributed by atoms with E-state index in [4.69, 9.17) is 4.42 Å². The molecule has 23 heavy (non-hydrogen) atoms. The van der Waals surface area contributed by atoms with Crippen LogP contribution in [0.5, 0.6) is 0 Å². The fourth-order valence-electron chi connectivity index (χ4n) is 2.94. The van der Waals surface area contributed by atoms with E-state index in [1.807, 2.05) is 0 Å². The lowest BCUT2D eigenvalue weighted by atomic mass is 10.2. The maximum atomic E-state index is 12.3. The van der Waals surface area contributed by atoms with Gasteiger partial charge in [-0.1, -0.05) is 12.8 Å². The van der Waals surface area contributed by atoms with Crippen molar-refractivity contribution in [2.75, 3.05) is 6.54 Å². The minimum atomic E-state index is -0.935. The molecule has 122 valence electrons. The fourth-order valence-corrected chi connectivity index (χ4v) is 2.94. The fraction of sp³-hybridized carbons (Fsp3) is 0.467. The third-order valence-electron chi connectivity index (χ3n) is 4.12. The molecule has 5 amide bonds. The number of hydrogen-bond donors (Lipinski definition) is 1. The third kappa shape index (κ3) is 2.96. The van der Waals surface area contributed by atoms with Crippen LogP contribution >= 0.6 is 0 Å². The normalized spacial score (nSPS) is 19.0. The summed E-state index contributed by atoms with van der Waals surface area (Å²) in [7, 11) is 0. The van der Waals surface area contributed by atoms with Gasteiger partial charge in [-0.2, -0.15) is 0 Å². The lowest BCUT2D eigenvalue weighted by molar-refractivity contribution is -0.144. The Hall–Kier alpha value is -2.64. The first-order chi connectivity index (χ1) is 11.1. The number of rotatable bonds is 5. The van der Waals surface area contributed by atoms with Crippen LogP contribution in [0.25, 0.3) is 0 Å². The van der Waals surface area contributed by atoms with Crippen molar-refractivity contribution in [3.05, 3.63) is 24.2 Å². The zero-order chi connectivity index (χ0) is 16.4. The molecule has 1 saturated heterocycles. The van der Waals surface area contributed by atoms with Crippen LogP contribution in [0.4, 0.5) is 4.79 Å². The lowest BCUT2D eigenvalue weighted by Crippen LogP contribution is -2.43. The van der Waals surface area contributed by atoms with Gasteiger partial charge in [0.1, 0.15) is 12.3 Å². The summed E-state index contributed by atoms with van der Waals surface area (Å²) in [4.78, 5) is 49.9. The molecule has 8 nitrogen and oxygen atoms in total. The maximum absolute atomic E-state index is 12.3. The molecule has 0 spiro atoms. The van der Waals surface area contributed by atoms with Crippen LogP contribution in [0.1, 0.15) is 31.4 Å². The average molecular weight is 319 g/mol. The quantitative estimate of drug-likeness (QED) is 0.634. The minimum Gasteiger partial charge on any atom is -0.467 e. The molecule has 1 aromatic rings. The summed E-state index contributed by atoms with van der Waals surface area (Å²) in [5.41, 5.74) is 0. The summed E-state index contributed by atoms with van der Waals surface area (Å²) >= 11 is 0. The molecule has 1 N–H and O–H groups in total. The molecule has 0 unspecified atom stereocenters. The van der Waals surface area contributed by atoms with E-state index in [1.165, 1.54) is 6.26 Å². The number of amides is 5. The number of urea groups is 1. The number of carbonyl (C=O) groups is 4. The molecule has 2 fully saturated rings. The number of hydrogen-bond acceptors (Lipinski definition) is 5. The van der Waals surface area contributed by atoms with Crippen molar-refractivity contribution in [2.24, 2.45) is 0 Å². The van der Waals surface area contributed by atoms with Crippen LogP contribution in [-0.2, 0) is 20.9 Å². The van der Waals surface area contributed by atoms with Crippen molar-refractivity contribution >= 4 is 23.8 Å².